The summed E-state index contributed by atoms with van der Waals surface area (Å²) in [5.41, 5.74) is 2.73. The largest absolute Gasteiger partial charge is 0.482 e. The highest BCUT2D eigenvalue weighted by Crippen LogP contribution is 2.31. The molecule has 0 saturated carbocycles. The number of carbonyl (C=O) groups excluding carboxylic acids is 2. The van der Waals surface area contributed by atoms with Gasteiger partial charge in [0.25, 0.3) is 5.91 Å². The highest BCUT2D eigenvalue weighted by molar-refractivity contribution is 7.22. The minimum Gasteiger partial charge on any atom is -0.482 e. The fraction of sp³-hybridized carbons (Fsp3) is 0.211. The lowest BCUT2D eigenvalue weighted by molar-refractivity contribution is -0.121. The Hall–Kier alpha value is -2.93. The SMILES string of the molecule is Cc1ccc2nc(NC(=O)CCN3C(=O)COc4ccccc43)sc2c1. The van der Waals surface area contributed by atoms with Crippen molar-refractivity contribution in [1.29, 1.82) is 0 Å². The first kappa shape index (κ1) is 16.5. The Morgan fingerprint density at radius 1 is 1.31 bits per heavy atom. The van der Waals surface area contributed by atoms with Crippen LogP contribution in [-0.4, -0.2) is 29.9 Å². The molecule has 7 heteroatoms. The summed E-state index contributed by atoms with van der Waals surface area (Å²) in [5.74, 6) is 0.346. The van der Waals surface area contributed by atoms with Crippen LogP contribution in [0.2, 0.25) is 0 Å². The van der Waals surface area contributed by atoms with E-state index >= 15 is 0 Å². The van der Waals surface area contributed by atoms with Crippen LogP contribution in [0, 0.1) is 6.92 Å². The summed E-state index contributed by atoms with van der Waals surface area (Å²) in [6.45, 7) is 2.32. The van der Waals surface area contributed by atoms with E-state index in [0.29, 0.717) is 23.1 Å². The molecule has 0 atom stereocenters. The molecule has 1 aliphatic rings. The number of aryl methyl sites for hydroxylation is 1. The van der Waals surface area contributed by atoms with Crippen LogP contribution in [0.25, 0.3) is 10.2 Å². The number of rotatable bonds is 4. The van der Waals surface area contributed by atoms with Crippen molar-refractivity contribution < 1.29 is 14.3 Å². The molecule has 1 N–H and O–H groups in total. The molecule has 0 saturated heterocycles. The number of anilines is 2. The van der Waals surface area contributed by atoms with Gasteiger partial charge in [0, 0.05) is 13.0 Å². The van der Waals surface area contributed by atoms with Gasteiger partial charge < -0.3 is 15.0 Å². The summed E-state index contributed by atoms with van der Waals surface area (Å²) in [6.07, 6.45) is 0.190. The number of nitrogens with zero attached hydrogens (tertiary/aromatic N) is 2. The lowest BCUT2D eigenvalue weighted by Crippen LogP contribution is -2.40. The van der Waals surface area contributed by atoms with Crippen LogP contribution in [-0.2, 0) is 9.59 Å². The molecule has 0 spiro atoms. The van der Waals surface area contributed by atoms with E-state index in [1.54, 1.807) is 4.90 Å². The standard InChI is InChI=1S/C19H17N3O3S/c1-12-6-7-13-16(10-12)26-19(20-13)21-17(23)8-9-22-14-4-2-3-5-15(14)25-11-18(22)24/h2-7,10H,8-9,11H2,1H3,(H,20,21,23). The summed E-state index contributed by atoms with van der Waals surface area (Å²) in [7, 11) is 0. The summed E-state index contributed by atoms with van der Waals surface area (Å²) in [5, 5.41) is 3.40. The molecule has 0 bridgehead atoms. The summed E-state index contributed by atoms with van der Waals surface area (Å²) < 4.78 is 6.45. The second-order valence-electron chi connectivity index (χ2n) is 6.09. The Morgan fingerprint density at radius 2 is 2.15 bits per heavy atom. The van der Waals surface area contributed by atoms with Gasteiger partial charge in [0.2, 0.25) is 5.91 Å². The average molecular weight is 367 g/mol. The number of carbonyl (C=O) groups is 2. The van der Waals surface area contributed by atoms with Crippen molar-refractivity contribution in [3.05, 3.63) is 48.0 Å². The predicted molar refractivity (Wildman–Crippen MR) is 102 cm³/mol. The molecule has 1 aromatic heterocycles. The zero-order valence-electron chi connectivity index (χ0n) is 14.2. The third-order valence-electron chi connectivity index (χ3n) is 4.16. The number of para-hydroxylation sites is 2. The maximum Gasteiger partial charge on any atom is 0.265 e. The van der Waals surface area contributed by atoms with E-state index in [4.69, 9.17) is 4.74 Å². The molecule has 3 aromatic rings. The minimum atomic E-state index is -0.169. The quantitative estimate of drug-likeness (QED) is 0.768. The van der Waals surface area contributed by atoms with Crippen molar-refractivity contribution in [2.45, 2.75) is 13.3 Å². The van der Waals surface area contributed by atoms with Crippen LogP contribution < -0.4 is 15.0 Å². The van der Waals surface area contributed by atoms with Crippen molar-refractivity contribution in [2.24, 2.45) is 0 Å². The van der Waals surface area contributed by atoms with Crippen LogP contribution in [0.5, 0.6) is 5.75 Å². The van der Waals surface area contributed by atoms with Crippen LogP contribution in [0.1, 0.15) is 12.0 Å². The number of amides is 2. The zero-order chi connectivity index (χ0) is 18.1. The number of hydrogen-bond acceptors (Lipinski definition) is 5. The highest BCUT2D eigenvalue weighted by Gasteiger charge is 2.25. The number of hydrogen-bond donors (Lipinski definition) is 1. The van der Waals surface area contributed by atoms with Crippen molar-refractivity contribution in [3.63, 3.8) is 0 Å². The first-order valence-corrected chi connectivity index (χ1v) is 9.11. The third kappa shape index (κ3) is 3.25. The van der Waals surface area contributed by atoms with Crippen molar-refractivity contribution >= 4 is 44.2 Å². The van der Waals surface area contributed by atoms with Crippen molar-refractivity contribution in [1.82, 2.24) is 4.98 Å². The Balaban J connectivity index is 1.43. The number of ether oxygens (including phenoxy) is 1. The molecule has 4 rings (SSSR count). The van der Waals surface area contributed by atoms with E-state index in [9.17, 15) is 9.59 Å². The second kappa shape index (κ2) is 6.76. The number of benzene rings is 2. The molecule has 0 aliphatic carbocycles. The van der Waals surface area contributed by atoms with Gasteiger partial charge >= 0.3 is 0 Å². The second-order valence-corrected chi connectivity index (χ2v) is 7.12. The number of fused-ring (bicyclic) bond motifs is 2. The Morgan fingerprint density at radius 3 is 3.04 bits per heavy atom. The Kier molecular flexibility index (Phi) is 4.30. The molecule has 0 fully saturated rings. The minimum absolute atomic E-state index is 0.00411. The first-order valence-electron chi connectivity index (χ1n) is 8.29. The number of aromatic nitrogens is 1. The van der Waals surface area contributed by atoms with Crippen LogP contribution in [0.3, 0.4) is 0 Å². The summed E-state index contributed by atoms with van der Waals surface area (Å²) in [4.78, 5) is 30.5. The van der Waals surface area contributed by atoms with Gasteiger partial charge in [0.05, 0.1) is 15.9 Å². The first-order chi connectivity index (χ1) is 12.6. The summed E-state index contributed by atoms with van der Waals surface area (Å²) in [6, 6.07) is 13.3. The molecular weight excluding hydrogens is 350 g/mol. The van der Waals surface area contributed by atoms with Crippen molar-refractivity contribution in [2.75, 3.05) is 23.4 Å². The van der Waals surface area contributed by atoms with Crippen LogP contribution in [0.15, 0.2) is 42.5 Å². The van der Waals surface area contributed by atoms with Gasteiger partial charge in [-0.2, -0.15) is 0 Å². The Bertz CT molecular complexity index is 999. The van der Waals surface area contributed by atoms with Crippen LogP contribution in [0.4, 0.5) is 10.8 Å². The maximum absolute atomic E-state index is 12.3. The molecule has 26 heavy (non-hydrogen) atoms. The Labute approximate surface area is 154 Å². The van der Waals surface area contributed by atoms with Crippen LogP contribution >= 0.6 is 11.3 Å². The number of nitrogens with one attached hydrogen (secondary N) is 1. The van der Waals surface area contributed by atoms with Crippen molar-refractivity contribution in [3.8, 4) is 5.75 Å². The summed E-state index contributed by atoms with van der Waals surface area (Å²) >= 11 is 1.45. The topological polar surface area (TPSA) is 71.5 Å². The van der Waals surface area contributed by atoms with Gasteiger partial charge in [-0.25, -0.2) is 4.98 Å². The van der Waals surface area contributed by atoms with Gasteiger partial charge in [-0.05, 0) is 36.8 Å². The van der Waals surface area contributed by atoms with E-state index in [2.05, 4.69) is 10.3 Å². The molecule has 132 valence electrons. The fourth-order valence-corrected chi connectivity index (χ4v) is 3.86. The highest BCUT2D eigenvalue weighted by atomic mass is 32.1. The van der Waals surface area contributed by atoms with Gasteiger partial charge in [-0.15, -0.1) is 0 Å². The monoisotopic (exact) mass is 367 g/mol. The van der Waals surface area contributed by atoms with E-state index in [-0.39, 0.29) is 24.8 Å². The third-order valence-corrected chi connectivity index (χ3v) is 5.09. The van der Waals surface area contributed by atoms with E-state index < -0.39 is 0 Å². The van der Waals surface area contributed by atoms with E-state index in [0.717, 1.165) is 15.8 Å². The lowest BCUT2D eigenvalue weighted by atomic mass is 10.2. The molecule has 0 radical (unpaired) electrons. The normalized spacial score (nSPS) is 13.4. The number of thiazole rings is 1. The smallest absolute Gasteiger partial charge is 0.265 e. The molecular formula is C19H17N3O3S. The molecule has 1 aliphatic heterocycles. The van der Waals surface area contributed by atoms with Gasteiger partial charge in [0.15, 0.2) is 11.7 Å². The van der Waals surface area contributed by atoms with E-state index in [1.807, 2.05) is 49.4 Å². The van der Waals surface area contributed by atoms with Gasteiger partial charge in [-0.1, -0.05) is 29.5 Å². The van der Waals surface area contributed by atoms with Gasteiger partial charge in [0.1, 0.15) is 5.75 Å². The molecule has 2 aromatic carbocycles. The molecule has 2 amide bonds. The average Bonchev–Trinajstić information content (AvgIpc) is 3.02. The predicted octanol–water partition coefficient (Wildman–Crippen LogP) is 3.36. The zero-order valence-corrected chi connectivity index (χ0v) is 15.0. The molecule has 2 heterocycles. The molecule has 6 nitrogen and oxygen atoms in total. The maximum atomic E-state index is 12.3. The molecule has 0 unspecified atom stereocenters. The van der Waals surface area contributed by atoms with E-state index in [1.165, 1.54) is 11.3 Å². The fourth-order valence-electron chi connectivity index (χ4n) is 2.88. The van der Waals surface area contributed by atoms with Gasteiger partial charge in [-0.3, -0.25) is 9.59 Å². The lowest BCUT2D eigenvalue weighted by Gasteiger charge is -2.29.